The Labute approximate surface area is 92.9 Å². The molecule has 2 heterocycles. The third kappa shape index (κ3) is 3.03. The molecule has 2 aromatic heterocycles. The molecule has 0 saturated heterocycles. The number of anilines is 1. The molecule has 6 heteroatoms. The monoisotopic (exact) mass is 219 g/mol. The molecule has 0 fully saturated rings. The minimum absolute atomic E-state index is 0.264. The van der Waals surface area contributed by atoms with Crippen LogP contribution in [0.1, 0.15) is 11.5 Å². The SMILES string of the molecule is Nc1n[nH]c(CCOCc2ccccn2)n1. The first-order chi connectivity index (χ1) is 7.84. The fourth-order valence-electron chi connectivity index (χ4n) is 1.25. The van der Waals surface area contributed by atoms with Gasteiger partial charge in [-0.25, -0.2) is 0 Å². The molecule has 0 saturated carbocycles. The smallest absolute Gasteiger partial charge is 0.239 e. The third-order valence-corrected chi connectivity index (χ3v) is 2.01. The van der Waals surface area contributed by atoms with Gasteiger partial charge in [0.05, 0.1) is 18.9 Å². The number of aromatic nitrogens is 4. The number of hydrogen-bond donors (Lipinski definition) is 2. The molecule has 0 spiro atoms. The van der Waals surface area contributed by atoms with Gasteiger partial charge in [0.25, 0.3) is 0 Å². The Morgan fingerprint density at radius 1 is 1.38 bits per heavy atom. The number of nitrogens with one attached hydrogen (secondary N) is 1. The maximum absolute atomic E-state index is 5.44. The van der Waals surface area contributed by atoms with Crippen LogP contribution in [0.5, 0.6) is 0 Å². The van der Waals surface area contributed by atoms with Crippen molar-refractivity contribution in [2.45, 2.75) is 13.0 Å². The minimum Gasteiger partial charge on any atom is -0.375 e. The largest absolute Gasteiger partial charge is 0.375 e. The van der Waals surface area contributed by atoms with Crippen LogP contribution in [0.15, 0.2) is 24.4 Å². The molecule has 0 aliphatic heterocycles. The summed E-state index contributed by atoms with van der Waals surface area (Å²) in [6, 6.07) is 5.73. The predicted octanol–water partition coefficient (Wildman–Crippen LogP) is 0.541. The van der Waals surface area contributed by atoms with Crippen molar-refractivity contribution in [2.75, 3.05) is 12.3 Å². The predicted molar refractivity (Wildman–Crippen MR) is 58.4 cm³/mol. The summed E-state index contributed by atoms with van der Waals surface area (Å²) in [5, 5.41) is 6.45. The average Bonchev–Trinajstić information content (AvgIpc) is 2.72. The van der Waals surface area contributed by atoms with E-state index in [1.807, 2.05) is 18.2 Å². The second-order valence-corrected chi connectivity index (χ2v) is 3.26. The zero-order valence-electron chi connectivity index (χ0n) is 8.76. The van der Waals surface area contributed by atoms with Gasteiger partial charge in [0.1, 0.15) is 5.82 Å². The van der Waals surface area contributed by atoms with Gasteiger partial charge in [-0.1, -0.05) is 6.07 Å². The number of nitrogen functional groups attached to an aromatic ring is 1. The Bertz CT molecular complexity index is 428. The van der Waals surface area contributed by atoms with Crippen LogP contribution in [0.4, 0.5) is 5.95 Å². The van der Waals surface area contributed by atoms with Crippen molar-refractivity contribution in [3.8, 4) is 0 Å². The van der Waals surface area contributed by atoms with E-state index in [2.05, 4.69) is 20.2 Å². The third-order valence-electron chi connectivity index (χ3n) is 2.01. The highest BCUT2D eigenvalue weighted by molar-refractivity contribution is 5.12. The molecule has 2 rings (SSSR count). The maximum Gasteiger partial charge on any atom is 0.239 e. The first kappa shape index (κ1) is 10.6. The Kier molecular flexibility index (Phi) is 3.45. The summed E-state index contributed by atoms with van der Waals surface area (Å²) in [5.41, 5.74) is 6.29. The van der Waals surface area contributed by atoms with Crippen LogP contribution >= 0.6 is 0 Å². The molecule has 0 aliphatic rings. The first-order valence-electron chi connectivity index (χ1n) is 4.99. The summed E-state index contributed by atoms with van der Waals surface area (Å²) in [5.74, 6) is 0.998. The number of H-pyrrole nitrogens is 1. The highest BCUT2D eigenvalue weighted by Gasteiger charge is 1.99. The van der Waals surface area contributed by atoms with Crippen molar-refractivity contribution in [2.24, 2.45) is 0 Å². The number of pyridine rings is 1. The van der Waals surface area contributed by atoms with E-state index < -0.39 is 0 Å². The molecular weight excluding hydrogens is 206 g/mol. The van der Waals surface area contributed by atoms with E-state index >= 15 is 0 Å². The van der Waals surface area contributed by atoms with Gasteiger partial charge in [-0.15, -0.1) is 5.10 Å². The van der Waals surface area contributed by atoms with Crippen molar-refractivity contribution in [1.29, 1.82) is 0 Å². The lowest BCUT2D eigenvalue weighted by Crippen LogP contribution is -2.01. The van der Waals surface area contributed by atoms with Crippen LogP contribution in [0.25, 0.3) is 0 Å². The van der Waals surface area contributed by atoms with Crippen LogP contribution in [0.2, 0.25) is 0 Å². The molecule has 0 aliphatic carbocycles. The lowest BCUT2D eigenvalue weighted by molar-refractivity contribution is 0.120. The molecule has 0 amide bonds. The van der Waals surface area contributed by atoms with Crippen LogP contribution in [-0.2, 0) is 17.8 Å². The molecule has 0 aromatic carbocycles. The average molecular weight is 219 g/mol. The van der Waals surface area contributed by atoms with Gasteiger partial charge in [0.15, 0.2) is 0 Å². The number of rotatable bonds is 5. The molecule has 6 nitrogen and oxygen atoms in total. The summed E-state index contributed by atoms with van der Waals surface area (Å²) < 4.78 is 5.44. The van der Waals surface area contributed by atoms with Crippen molar-refractivity contribution < 1.29 is 4.74 Å². The van der Waals surface area contributed by atoms with E-state index in [1.54, 1.807) is 6.20 Å². The van der Waals surface area contributed by atoms with Gasteiger partial charge in [-0.05, 0) is 12.1 Å². The van der Waals surface area contributed by atoms with E-state index in [0.29, 0.717) is 19.6 Å². The van der Waals surface area contributed by atoms with Crippen molar-refractivity contribution in [3.05, 3.63) is 35.9 Å². The summed E-state index contributed by atoms with van der Waals surface area (Å²) in [6.07, 6.45) is 2.41. The summed E-state index contributed by atoms with van der Waals surface area (Å²) in [6.45, 7) is 1.07. The Balaban J connectivity index is 1.69. The molecular formula is C10H13N5O. The molecule has 0 bridgehead atoms. The Morgan fingerprint density at radius 3 is 3.00 bits per heavy atom. The topological polar surface area (TPSA) is 89.7 Å². The summed E-state index contributed by atoms with van der Waals surface area (Å²) >= 11 is 0. The Morgan fingerprint density at radius 2 is 2.31 bits per heavy atom. The van der Waals surface area contributed by atoms with Crippen molar-refractivity contribution in [1.82, 2.24) is 20.2 Å². The van der Waals surface area contributed by atoms with E-state index in [0.717, 1.165) is 11.5 Å². The van der Waals surface area contributed by atoms with Gasteiger partial charge in [-0.2, -0.15) is 4.98 Å². The molecule has 16 heavy (non-hydrogen) atoms. The zero-order valence-corrected chi connectivity index (χ0v) is 8.76. The van der Waals surface area contributed by atoms with Crippen molar-refractivity contribution >= 4 is 5.95 Å². The summed E-state index contributed by atoms with van der Waals surface area (Å²) in [4.78, 5) is 8.12. The Hall–Kier alpha value is -1.95. The lowest BCUT2D eigenvalue weighted by Gasteiger charge is -2.01. The summed E-state index contributed by atoms with van der Waals surface area (Å²) in [7, 11) is 0. The second kappa shape index (κ2) is 5.22. The van der Waals surface area contributed by atoms with Crippen molar-refractivity contribution in [3.63, 3.8) is 0 Å². The normalized spacial score (nSPS) is 10.5. The number of nitrogens with zero attached hydrogens (tertiary/aromatic N) is 3. The number of aromatic amines is 1. The van der Waals surface area contributed by atoms with E-state index in [-0.39, 0.29) is 5.95 Å². The number of ether oxygens (including phenoxy) is 1. The standard InChI is InChI=1S/C10H13N5O/c11-10-13-9(14-15-10)4-6-16-7-8-3-1-2-5-12-8/h1-3,5H,4,6-7H2,(H3,11,13,14,15). The highest BCUT2D eigenvalue weighted by Crippen LogP contribution is 1.98. The van der Waals surface area contributed by atoms with Gasteiger partial charge < -0.3 is 10.5 Å². The molecule has 2 aromatic rings. The molecule has 3 N–H and O–H groups in total. The molecule has 84 valence electrons. The van der Waals surface area contributed by atoms with Gasteiger partial charge in [-0.3, -0.25) is 10.1 Å². The van der Waals surface area contributed by atoms with Crippen LogP contribution in [0.3, 0.4) is 0 Å². The first-order valence-corrected chi connectivity index (χ1v) is 4.99. The highest BCUT2D eigenvalue weighted by atomic mass is 16.5. The van der Waals surface area contributed by atoms with Gasteiger partial charge in [0.2, 0.25) is 5.95 Å². The fourth-order valence-corrected chi connectivity index (χ4v) is 1.25. The van der Waals surface area contributed by atoms with E-state index in [9.17, 15) is 0 Å². The maximum atomic E-state index is 5.44. The van der Waals surface area contributed by atoms with Gasteiger partial charge >= 0.3 is 0 Å². The zero-order chi connectivity index (χ0) is 11.2. The van der Waals surface area contributed by atoms with Crippen LogP contribution < -0.4 is 5.73 Å². The second-order valence-electron chi connectivity index (χ2n) is 3.26. The van der Waals surface area contributed by atoms with Gasteiger partial charge in [0, 0.05) is 12.6 Å². The van der Waals surface area contributed by atoms with E-state index in [1.165, 1.54) is 0 Å². The quantitative estimate of drug-likeness (QED) is 0.716. The van der Waals surface area contributed by atoms with E-state index in [4.69, 9.17) is 10.5 Å². The lowest BCUT2D eigenvalue weighted by atomic mass is 10.4. The molecule has 0 unspecified atom stereocenters. The van der Waals surface area contributed by atoms with Crippen LogP contribution in [-0.4, -0.2) is 26.8 Å². The minimum atomic E-state index is 0.264. The van der Waals surface area contributed by atoms with Crippen LogP contribution in [0, 0.1) is 0 Å². The number of nitrogens with two attached hydrogens (primary N) is 1. The molecule has 0 atom stereocenters. The fraction of sp³-hybridized carbons (Fsp3) is 0.300. The molecule has 0 radical (unpaired) electrons. The number of hydrogen-bond acceptors (Lipinski definition) is 5.